The van der Waals surface area contributed by atoms with E-state index in [9.17, 15) is 4.79 Å². The van der Waals surface area contributed by atoms with Crippen LogP contribution in [0.1, 0.15) is 11.1 Å². The predicted molar refractivity (Wildman–Crippen MR) is 102 cm³/mol. The van der Waals surface area contributed by atoms with E-state index in [2.05, 4.69) is 9.97 Å². The summed E-state index contributed by atoms with van der Waals surface area (Å²) in [6.45, 7) is 4.03. The van der Waals surface area contributed by atoms with Gasteiger partial charge in [-0.15, -0.1) is 11.3 Å². The monoisotopic (exact) mass is 345 g/mol. The minimum Gasteiger partial charge on any atom is -0.267 e. The molecule has 0 bridgehead atoms. The van der Waals surface area contributed by atoms with Crippen LogP contribution in [-0.4, -0.2) is 15.0 Å². The second kappa shape index (κ2) is 6.18. The van der Waals surface area contributed by atoms with Gasteiger partial charge in [0, 0.05) is 10.9 Å². The molecule has 0 radical (unpaired) electrons. The molecule has 3 aromatic heterocycles. The van der Waals surface area contributed by atoms with Crippen LogP contribution in [0.15, 0.2) is 59.5 Å². The highest BCUT2D eigenvalue weighted by Gasteiger charge is 2.11. The summed E-state index contributed by atoms with van der Waals surface area (Å²) in [5, 5.41) is 1.27. The number of nitrogens with zero attached hydrogens (tertiary/aromatic N) is 3. The Morgan fingerprint density at radius 1 is 0.840 bits per heavy atom. The van der Waals surface area contributed by atoms with Gasteiger partial charge in [0.05, 0.1) is 16.8 Å². The molecule has 0 amide bonds. The number of aromatic nitrogens is 3. The highest BCUT2D eigenvalue weighted by molar-refractivity contribution is 7.21. The minimum absolute atomic E-state index is 0.220. The van der Waals surface area contributed by atoms with Crippen LogP contribution < -0.4 is 5.56 Å². The van der Waals surface area contributed by atoms with Gasteiger partial charge in [-0.2, -0.15) is 4.98 Å². The molecular formula is C20H15N3OS. The number of fused-ring (bicyclic) bond motifs is 1. The van der Waals surface area contributed by atoms with Crippen molar-refractivity contribution in [3.05, 3.63) is 76.2 Å². The van der Waals surface area contributed by atoms with E-state index in [-0.39, 0.29) is 5.56 Å². The SMILES string of the molecule is Cc1ccnc(-c2cc(C)cc(-c3nc(=O)c4ccccc4s3)n2)c1. The summed E-state index contributed by atoms with van der Waals surface area (Å²) >= 11 is 1.48. The molecule has 0 unspecified atom stereocenters. The molecule has 0 saturated heterocycles. The first-order chi connectivity index (χ1) is 12.1. The van der Waals surface area contributed by atoms with Crippen molar-refractivity contribution in [1.29, 1.82) is 0 Å². The van der Waals surface area contributed by atoms with Gasteiger partial charge in [-0.25, -0.2) is 4.98 Å². The first kappa shape index (κ1) is 15.6. The molecule has 1 aromatic carbocycles. The normalized spacial score (nSPS) is 11.0. The van der Waals surface area contributed by atoms with Crippen LogP contribution in [0.3, 0.4) is 0 Å². The summed E-state index contributed by atoms with van der Waals surface area (Å²) in [7, 11) is 0. The lowest BCUT2D eigenvalue weighted by molar-refractivity contribution is 1.20. The topological polar surface area (TPSA) is 55.7 Å². The minimum atomic E-state index is -0.220. The van der Waals surface area contributed by atoms with Gasteiger partial charge < -0.3 is 0 Å². The van der Waals surface area contributed by atoms with Gasteiger partial charge in [-0.3, -0.25) is 9.78 Å². The van der Waals surface area contributed by atoms with Crippen molar-refractivity contribution in [2.24, 2.45) is 0 Å². The average molecular weight is 345 g/mol. The zero-order chi connectivity index (χ0) is 17.4. The summed E-state index contributed by atoms with van der Waals surface area (Å²) in [5.41, 5.74) is 4.27. The predicted octanol–water partition coefficient (Wildman–Crippen LogP) is 4.40. The van der Waals surface area contributed by atoms with Crippen LogP contribution in [-0.2, 0) is 0 Å². The zero-order valence-electron chi connectivity index (χ0n) is 13.9. The molecule has 0 N–H and O–H groups in total. The lowest BCUT2D eigenvalue weighted by atomic mass is 10.1. The number of aryl methyl sites for hydroxylation is 2. The number of rotatable bonds is 2. The molecule has 0 fully saturated rings. The summed E-state index contributed by atoms with van der Waals surface area (Å²) in [5.74, 6) is 0. The van der Waals surface area contributed by atoms with Gasteiger partial charge in [-0.1, -0.05) is 12.1 Å². The summed E-state index contributed by atoms with van der Waals surface area (Å²) in [6.07, 6.45) is 1.78. The summed E-state index contributed by atoms with van der Waals surface area (Å²) in [6, 6.07) is 15.4. The molecule has 4 aromatic rings. The molecule has 0 aliphatic heterocycles. The smallest absolute Gasteiger partial charge is 0.267 e. The number of benzene rings is 1. The second-order valence-electron chi connectivity index (χ2n) is 5.95. The fraction of sp³-hybridized carbons (Fsp3) is 0.100. The van der Waals surface area contributed by atoms with Crippen molar-refractivity contribution in [3.63, 3.8) is 0 Å². The van der Waals surface area contributed by atoms with Crippen LogP contribution in [0.25, 0.3) is 32.2 Å². The van der Waals surface area contributed by atoms with Crippen LogP contribution in [0.4, 0.5) is 0 Å². The Morgan fingerprint density at radius 3 is 2.44 bits per heavy atom. The van der Waals surface area contributed by atoms with E-state index >= 15 is 0 Å². The number of hydrogen-bond acceptors (Lipinski definition) is 5. The lowest BCUT2D eigenvalue weighted by Gasteiger charge is -2.07. The maximum Gasteiger partial charge on any atom is 0.279 e. The maximum absolute atomic E-state index is 12.3. The van der Waals surface area contributed by atoms with Crippen molar-refractivity contribution in [3.8, 4) is 22.1 Å². The van der Waals surface area contributed by atoms with Gasteiger partial charge in [-0.05, 0) is 61.4 Å². The lowest BCUT2D eigenvalue weighted by Crippen LogP contribution is -2.06. The van der Waals surface area contributed by atoms with E-state index < -0.39 is 0 Å². The highest BCUT2D eigenvalue weighted by Crippen LogP contribution is 2.27. The van der Waals surface area contributed by atoms with Crippen LogP contribution in [0, 0.1) is 13.8 Å². The summed E-state index contributed by atoms with van der Waals surface area (Å²) in [4.78, 5) is 25.7. The Bertz CT molecular complexity index is 1150. The first-order valence-electron chi connectivity index (χ1n) is 7.92. The van der Waals surface area contributed by atoms with E-state index in [1.165, 1.54) is 11.3 Å². The van der Waals surface area contributed by atoms with E-state index in [4.69, 9.17) is 4.98 Å². The molecule has 5 heteroatoms. The van der Waals surface area contributed by atoms with E-state index in [1.807, 2.05) is 56.3 Å². The molecule has 3 heterocycles. The van der Waals surface area contributed by atoms with Crippen molar-refractivity contribution in [2.75, 3.05) is 0 Å². The molecule has 0 spiro atoms. The van der Waals surface area contributed by atoms with Gasteiger partial charge in [0.15, 0.2) is 0 Å². The fourth-order valence-electron chi connectivity index (χ4n) is 2.71. The number of pyridine rings is 2. The number of hydrogen-bond donors (Lipinski definition) is 0. The second-order valence-corrected chi connectivity index (χ2v) is 6.98. The van der Waals surface area contributed by atoms with Crippen molar-refractivity contribution < 1.29 is 0 Å². The van der Waals surface area contributed by atoms with Gasteiger partial charge >= 0.3 is 0 Å². The van der Waals surface area contributed by atoms with Gasteiger partial charge in [0.1, 0.15) is 10.7 Å². The van der Waals surface area contributed by atoms with Gasteiger partial charge in [0.2, 0.25) is 0 Å². The Balaban J connectivity index is 1.90. The van der Waals surface area contributed by atoms with Gasteiger partial charge in [0.25, 0.3) is 5.56 Å². The van der Waals surface area contributed by atoms with Crippen LogP contribution in [0.5, 0.6) is 0 Å². The average Bonchev–Trinajstić information content (AvgIpc) is 2.61. The Kier molecular flexibility index (Phi) is 3.86. The molecule has 4 nitrogen and oxygen atoms in total. The van der Waals surface area contributed by atoms with E-state index in [0.717, 1.165) is 27.2 Å². The molecule has 25 heavy (non-hydrogen) atoms. The molecule has 0 atom stereocenters. The fourth-order valence-corrected chi connectivity index (χ4v) is 3.66. The Morgan fingerprint density at radius 2 is 1.60 bits per heavy atom. The third-order valence-electron chi connectivity index (χ3n) is 3.89. The molecule has 122 valence electrons. The first-order valence-corrected chi connectivity index (χ1v) is 8.74. The molecule has 0 aliphatic carbocycles. The Labute approximate surface area is 148 Å². The molecule has 4 rings (SSSR count). The summed E-state index contributed by atoms with van der Waals surface area (Å²) < 4.78 is 0.913. The molecule has 0 aliphatic rings. The third-order valence-corrected chi connectivity index (χ3v) is 4.96. The third kappa shape index (κ3) is 3.06. The highest BCUT2D eigenvalue weighted by atomic mass is 32.1. The molecule has 0 saturated carbocycles. The maximum atomic E-state index is 12.3. The van der Waals surface area contributed by atoms with Crippen molar-refractivity contribution in [1.82, 2.24) is 15.0 Å². The standard InChI is InChI=1S/C20H15N3OS/c1-12-7-8-21-15(9-12)16-10-13(2)11-17(22-16)20-23-19(24)14-5-3-4-6-18(14)25-20/h3-11H,1-2H3. The largest absolute Gasteiger partial charge is 0.279 e. The molecular weight excluding hydrogens is 330 g/mol. The van der Waals surface area contributed by atoms with E-state index in [1.54, 1.807) is 12.3 Å². The quantitative estimate of drug-likeness (QED) is 0.540. The zero-order valence-corrected chi connectivity index (χ0v) is 14.7. The van der Waals surface area contributed by atoms with Crippen LogP contribution >= 0.6 is 11.3 Å². The van der Waals surface area contributed by atoms with Crippen molar-refractivity contribution >= 4 is 21.4 Å². The van der Waals surface area contributed by atoms with Crippen molar-refractivity contribution in [2.45, 2.75) is 13.8 Å². The van der Waals surface area contributed by atoms with E-state index in [0.29, 0.717) is 16.1 Å². The van der Waals surface area contributed by atoms with Crippen LogP contribution in [0.2, 0.25) is 0 Å². The Hall–Kier alpha value is -2.92.